The van der Waals surface area contributed by atoms with Gasteiger partial charge in [-0.15, -0.1) is 0 Å². The molecule has 0 spiro atoms. The molecule has 2 N–H and O–H groups in total. The van der Waals surface area contributed by atoms with E-state index in [0.29, 0.717) is 22.1 Å². The van der Waals surface area contributed by atoms with E-state index in [1.54, 1.807) is 36.4 Å². The molecule has 0 fully saturated rings. The first kappa shape index (κ1) is 15.7. The number of hydrogen-bond donors (Lipinski definition) is 1. The molecule has 2 aromatic carbocycles. The highest BCUT2D eigenvalue weighted by atomic mass is 35.5. The number of halogens is 1. The normalized spacial score (nSPS) is 9.82. The molecule has 5 nitrogen and oxygen atoms in total. The van der Waals surface area contributed by atoms with Crippen LogP contribution in [0.25, 0.3) is 0 Å². The van der Waals surface area contributed by atoms with Crippen molar-refractivity contribution < 1.29 is 14.3 Å². The third-order valence-electron chi connectivity index (χ3n) is 2.80. The number of benzene rings is 2. The molecule has 112 valence electrons. The van der Waals surface area contributed by atoms with Gasteiger partial charge in [0.25, 0.3) is 5.91 Å². The number of nitriles is 1. The third-order valence-corrected chi connectivity index (χ3v) is 3.04. The number of rotatable bonds is 6. The summed E-state index contributed by atoms with van der Waals surface area (Å²) in [6.45, 7) is 0.522. The molecule has 1 amide bonds. The molecule has 0 heterocycles. The molecule has 0 unspecified atom stereocenters. The topological polar surface area (TPSA) is 85.3 Å². The van der Waals surface area contributed by atoms with E-state index in [0.717, 1.165) is 0 Å². The lowest BCUT2D eigenvalue weighted by atomic mass is 10.2. The molecule has 6 heteroatoms. The summed E-state index contributed by atoms with van der Waals surface area (Å²) in [5.41, 5.74) is 6.06. The van der Waals surface area contributed by atoms with Crippen LogP contribution in [0.2, 0.25) is 5.02 Å². The van der Waals surface area contributed by atoms with Crippen LogP contribution in [0, 0.1) is 11.3 Å². The largest absolute Gasteiger partial charge is 0.490 e. The lowest BCUT2D eigenvalue weighted by molar-refractivity contribution is 0.0995. The van der Waals surface area contributed by atoms with Gasteiger partial charge in [-0.3, -0.25) is 4.79 Å². The zero-order valence-corrected chi connectivity index (χ0v) is 12.3. The van der Waals surface area contributed by atoms with E-state index in [9.17, 15) is 4.79 Å². The summed E-state index contributed by atoms with van der Waals surface area (Å²) in [7, 11) is 0. The summed E-state index contributed by atoms with van der Waals surface area (Å²) >= 11 is 5.82. The van der Waals surface area contributed by atoms with Crippen molar-refractivity contribution >= 4 is 17.5 Å². The number of primary amides is 1. The second-order valence-corrected chi connectivity index (χ2v) is 4.77. The fourth-order valence-corrected chi connectivity index (χ4v) is 1.93. The average Bonchev–Trinajstić information content (AvgIpc) is 2.53. The van der Waals surface area contributed by atoms with Crippen LogP contribution in [-0.2, 0) is 0 Å². The van der Waals surface area contributed by atoms with Crippen LogP contribution in [-0.4, -0.2) is 19.1 Å². The molecule has 2 rings (SSSR count). The Hall–Kier alpha value is -2.71. The molecule has 0 saturated carbocycles. The van der Waals surface area contributed by atoms with Gasteiger partial charge in [0.15, 0.2) is 0 Å². The maximum atomic E-state index is 11.3. The number of hydrogen-bond acceptors (Lipinski definition) is 4. The van der Waals surface area contributed by atoms with Crippen molar-refractivity contribution in [1.82, 2.24) is 0 Å². The molecule has 0 aliphatic rings. The van der Waals surface area contributed by atoms with E-state index in [-0.39, 0.29) is 18.8 Å². The predicted molar refractivity (Wildman–Crippen MR) is 82.1 cm³/mol. The summed E-state index contributed by atoms with van der Waals surface area (Å²) in [5.74, 6) is 0.389. The van der Waals surface area contributed by atoms with Crippen molar-refractivity contribution in [3.05, 3.63) is 58.6 Å². The van der Waals surface area contributed by atoms with Crippen LogP contribution in [0.15, 0.2) is 42.5 Å². The highest BCUT2D eigenvalue weighted by Gasteiger charge is 2.10. The lowest BCUT2D eigenvalue weighted by Gasteiger charge is -2.11. The molecule has 0 aliphatic carbocycles. The molecule has 0 atom stereocenters. The van der Waals surface area contributed by atoms with Crippen molar-refractivity contribution in [3.8, 4) is 17.6 Å². The van der Waals surface area contributed by atoms with Gasteiger partial charge in [0.05, 0.1) is 17.2 Å². The Kier molecular flexibility index (Phi) is 5.23. The Morgan fingerprint density at radius 3 is 2.45 bits per heavy atom. The van der Waals surface area contributed by atoms with E-state index in [1.807, 2.05) is 6.07 Å². The Labute approximate surface area is 132 Å². The highest BCUT2D eigenvalue weighted by molar-refractivity contribution is 6.31. The summed E-state index contributed by atoms with van der Waals surface area (Å²) in [4.78, 5) is 11.3. The van der Waals surface area contributed by atoms with Gasteiger partial charge < -0.3 is 15.2 Å². The van der Waals surface area contributed by atoms with Gasteiger partial charge in [-0.05, 0) is 42.5 Å². The van der Waals surface area contributed by atoms with E-state index >= 15 is 0 Å². The van der Waals surface area contributed by atoms with Gasteiger partial charge in [0.2, 0.25) is 0 Å². The molecular weight excluding hydrogens is 304 g/mol. The molecule has 22 heavy (non-hydrogen) atoms. The summed E-state index contributed by atoms with van der Waals surface area (Å²) in [5, 5.41) is 9.11. The maximum absolute atomic E-state index is 11.3. The lowest BCUT2D eigenvalue weighted by Crippen LogP contribution is -2.15. The molecular formula is C16H13ClN2O3. The Morgan fingerprint density at radius 2 is 1.82 bits per heavy atom. The molecule has 0 bridgehead atoms. The number of amides is 1. The first-order valence-corrected chi connectivity index (χ1v) is 6.83. The molecule has 0 saturated heterocycles. The molecule has 2 aromatic rings. The summed E-state index contributed by atoms with van der Waals surface area (Å²) < 4.78 is 11.0. The Bertz CT molecular complexity index is 708. The van der Waals surface area contributed by atoms with Crippen molar-refractivity contribution in [2.75, 3.05) is 13.2 Å². The van der Waals surface area contributed by atoms with Gasteiger partial charge in [-0.25, -0.2) is 0 Å². The maximum Gasteiger partial charge on any atom is 0.252 e. The van der Waals surface area contributed by atoms with E-state index < -0.39 is 5.91 Å². The van der Waals surface area contributed by atoms with Crippen LogP contribution < -0.4 is 15.2 Å². The van der Waals surface area contributed by atoms with Gasteiger partial charge in [-0.2, -0.15) is 5.26 Å². The minimum atomic E-state index is -0.606. The second-order valence-electron chi connectivity index (χ2n) is 4.34. The average molecular weight is 317 g/mol. The first-order chi connectivity index (χ1) is 10.6. The zero-order chi connectivity index (χ0) is 15.9. The third kappa shape index (κ3) is 4.14. The van der Waals surface area contributed by atoms with E-state index in [1.165, 1.54) is 6.07 Å². The van der Waals surface area contributed by atoms with Crippen LogP contribution in [0.3, 0.4) is 0 Å². The quantitative estimate of drug-likeness (QED) is 0.830. The fraction of sp³-hybridized carbons (Fsp3) is 0.125. The van der Waals surface area contributed by atoms with E-state index in [4.69, 9.17) is 32.1 Å². The van der Waals surface area contributed by atoms with Crippen molar-refractivity contribution in [1.29, 1.82) is 5.26 Å². The summed E-state index contributed by atoms with van der Waals surface area (Å²) in [6, 6.07) is 13.4. The standard InChI is InChI=1S/C16H13ClN2O3/c17-12-3-6-15(14(9-12)16(19)20)22-8-7-21-13-4-1-11(10-18)2-5-13/h1-6,9H,7-8H2,(H2,19,20). The smallest absolute Gasteiger partial charge is 0.252 e. The van der Waals surface area contributed by atoms with Gasteiger partial charge in [0, 0.05) is 5.02 Å². The molecule has 0 aromatic heterocycles. The van der Waals surface area contributed by atoms with Crippen LogP contribution >= 0.6 is 11.6 Å². The molecule has 0 aliphatic heterocycles. The highest BCUT2D eigenvalue weighted by Crippen LogP contribution is 2.22. The van der Waals surface area contributed by atoms with Crippen LogP contribution in [0.5, 0.6) is 11.5 Å². The monoisotopic (exact) mass is 316 g/mol. The number of carbonyl (C=O) groups excluding carboxylic acids is 1. The van der Waals surface area contributed by atoms with Crippen LogP contribution in [0.1, 0.15) is 15.9 Å². The van der Waals surface area contributed by atoms with Gasteiger partial charge in [-0.1, -0.05) is 11.6 Å². The van der Waals surface area contributed by atoms with Crippen LogP contribution in [0.4, 0.5) is 0 Å². The second kappa shape index (κ2) is 7.34. The van der Waals surface area contributed by atoms with Crippen molar-refractivity contribution in [3.63, 3.8) is 0 Å². The minimum absolute atomic E-state index is 0.228. The number of nitrogens with two attached hydrogens (primary N) is 1. The van der Waals surface area contributed by atoms with Crippen molar-refractivity contribution in [2.24, 2.45) is 5.73 Å². The zero-order valence-electron chi connectivity index (χ0n) is 11.6. The van der Waals surface area contributed by atoms with Gasteiger partial charge >= 0.3 is 0 Å². The fourth-order valence-electron chi connectivity index (χ4n) is 1.76. The minimum Gasteiger partial charge on any atom is -0.490 e. The molecule has 0 radical (unpaired) electrons. The van der Waals surface area contributed by atoms with Crippen molar-refractivity contribution in [2.45, 2.75) is 0 Å². The summed E-state index contributed by atoms with van der Waals surface area (Å²) in [6.07, 6.45) is 0. The van der Waals surface area contributed by atoms with E-state index in [2.05, 4.69) is 0 Å². The number of ether oxygens (including phenoxy) is 2. The van der Waals surface area contributed by atoms with Gasteiger partial charge in [0.1, 0.15) is 24.7 Å². The SMILES string of the molecule is N#Cc1ccc(OCCOc2ccc(Cl)cc2C(N)=O)cc1. The first-order valence-electron chi connectivity index (χ1n) is 6.45. The number of carbonyl (C=O) groups is 1. The number of nitrogens with zero attached hydrogens (tertiary/aromatic N) is 1. The Morgan fingerprint density at radius 1 is 1.14 bits per heavy atom. The Balaban J connectivity index is 1.88. The predicted octanol–water partition coefficient (Wildman–Crippen LogP) is 2.77.